The zero-order valence-corrected chi connectivity index (χ0v) is 20.4. The van der Waals surface area contributed by atoms with E-state index < -0.39 is 0 Å². The molecule has 5 heteroatoms. The number of nitrogens with zero attached hydrogens (tertiary/aromatic N) is 1. The number of halogens is 2. The van der Waals surface area contributed by atoms with Crippen LogP contribution in [0.3, 0.4) is 0 Å². The van der Waals surface area contributed by atoms with Gasteiger partial charge >= 0.3 is 0 Å². The summed E-state index contributed by atoms with van der Waals surface area (Å²) in [6.45, 7) is 2.82. The van der Waals surface area contributed by atoms with Crippen LogP contribution >= 0.6 is 27.5 Å². The van der Waals surface area contributed by atoms with Crippen LogP contribution in [0.15, 0.2) is 83.3 Å². The molecule has 164 valence electrons. The molecule has 0 bridgehead atoms. The topological polar surface area (TPSA) is 42.2 Å². The Labute approximate surface area is 207 Å². The predicted octanol–water partition coefficient (Wildman–Crippen LogP) is 8.30. The van der Waals surface area contributed by atoms with Gasteiger partial charge in [0.15, 0.2) is 11.5 Å². The van der Waals surface area contributed by atoms with Gasteiger partial charge in [-0.05, 0) is 80.7 Å². The Morgan fingerprint density at radius 2 is 1.79 bits per heavy atom. The minimum absolute atomic E-state index is 0.404. The SMILES string of the molecule is CCOc1cc(/C=C(/C#N)c2cccc(Cl)c2)cc(Br)c1OCc1cccc2ccccc12. The van der Waals surface area contributed by atoms with E-state index in [-0.39, 0.29) is 0 Å². The Morgan fingerprint density at radius 3 is 2.58 bits per heavy atom. The molecule has 0 aliphatic heterocycles. The third-order valence-electron chi connectivity index (χ3n) is 5.15. The van der Waals surface area contributed by atoms with Crippen LogP contribution in [-0.4, -0.2) is 6.61 Å². The van der Waals surface area contributed by atoms with E-state index in [0.29, 0.717) is 35.3 Å². The minimum atomic E-state index is 0.404. The molecule has 0 N–H and O–H groups in total. The maximum atomic E-state index is 9.70. The molecule has 0 radical (unpaired) electrons. The van der Waals surface area contributed by atoms with Crippen LogP contribution in [0.1, 0.15) is 23.6 Å². The molecule has 0 aliphatic carbocycles. The number of ether oxygens (including phenoxy) is 2. The zero-order valence-electron chi connectivity index (χ0n) is 18.0. The molecule has 0 amide bonds. The van der Waals surface area contributed by atoms with Crippen LogP contribution in [-0.2, 0) is 6.61 Å². The molecule has 4 aromatic carbocycles. The van der Waals surface area contributed by atoms with Crippen LogP contribution in [0, 0.1) is 11.3 Å². The normalized spacial score (nSPS) is 11.3. The van der Waals surface area contributed by atoms with E-state index in [2.05, 4.69) is 46.3 Å². The average Bonchev–Trinajstić information content (AvgIpc) is 2.82. The second-order valence-electron chi connectivity index (χ2n) is 7.37. The molecular formula is C28H21BrClNO2. The first-order chi connectivity index (χ1) is 16.1. The van der Waals surface area contributed by atoms with E-state index in [9.17, 15) is 5.26 Å². The quantitative estimate of drug-likeness (QED) is 0.182. The van der Waals surface area contributed by atoms with Gasteiger partial charge < -0.3 is 9.47 Å². The van der Waals surface area contributed by atoms with Crippen molar-refractivity contribution in [3.05, 3.63) is 105 Å². The van der Waals surface area contributed by atoms with Crippen molar-refractivity contribution in [3.63, 3.8) is 0 Å². The molecule has 0 saturated heterocycles. The van der Waals surface area contributed by atoms with Crippen molar-refractivity contribution < 1.29 is 9.47 Å². The lowest BCUT2D eigenvalue weighted by atomic mass is 10.0. The Kier molecular flexibility index (Phi) is 7.34. The van der Waals surface area contributed by atoms with E-state index >= 15 is 0 Å². The van der Waals surface area contributed by atoms with Gasteiger partial charge in [0.05, 0.1) is 22.7 Å². The van der Waals surface area contributed by atoms with Crippen LogP contribution < -0.4 is 9.47 Å². The molecule has 0 aromatic heterocycles. The fourth-order valence-corrected chi connectivity index (χ4v) is 4.41. The van der Waals surface area contributed by atoms with Crippen molar-refractivity contribution in [1.29, 1.82) is 5.26 Å². The maximum absolute atomic E-state index is 9.70. The van der Waals surface area contributed by atoms with Crippen LogP contribution in [0.2, 0.25) is 5.02 Å². The number of fused-ring (bicyclic) bond motifs is 1. The predicted molar refractivity (Wildman–Crippen MR) is 139 cm³/mol. The first-order valence-corrected chi connectivity index (χ1v) is 11.7. The van der Waals surface area contributed by atoms with Crippen LogP contribution in [0.25, 0.3) is 22.4 Å². The summed E-state index contributed by atoms with van der Waals surface area (Å²) < 4.78 is 12.9. The monoisotopic (exact) mass is 517 g/mol. The van der Waals surface area contributed by atoms with Gasteiger partial charge in [-0.1, -0.05) is 66.2 Å². The highest BCUT2D eigenvalue weighted by Crippen LogP contribution is 2.39. The van der Waals surface area contributed by atoms with Gasteiger partial charge in [-0.25, -0.2) is 0 Å². The second kappa shape index (κ2) is 10.6. The summed E-state index contributed by atoms with van der Waals surface area (Å²) in [4.78, 5) is 0. The average molecular weight is 519 g/mol. The van der Waals surface area contributed by atoms with E-state index in [1.165, 1.54) is 5.39 Å². The van der Waals surface area contributed by atoms with Gasteiger partial charge in [-0.15, -0.1) is 0 Å². The van der Waals surface area contributed by atoms with Crippen LogP contribution in [0.4, 0.5) is 0 Å². The first kappa shape index (κ1) is 22.9. The third-order valence-corrected chi connectivity index (χ3v) is 5.97. The number of rotatable bonds is 7. The Bertz CT molecular complexity index is 1370. The summed E-state index contributed by atoms with van der Waals surface area (Å²) in [5.41, 5.74) is 3.19. The summed E-state index contributed by atoms with van der Waals surface area (Å²) in [7, 11) is 0. The van der Waals surface area contributed by atoms with Crippen molar-refractivity contribution in [1.82, 2.24) is 0 Å². The molecule has 4 aromatic rings. The van der Waals surface area contributed by atoms with Gasteiger partial charge in [-0.3, -0.25) is 0 Å². The molecule has 3 nitrogen and oxygen atoms in total. The molecule has 0 atom stereocenters. The summed E-state index contributed by atoms with van der Waals surface area (Å²) in [6, 6.07) is 27.7. The first-order valence-electron chi connectivity index (χ1n) is 10.5. The molecule has 0 aliphatic rings. The largest absolute Gasteiger partial charge is 0.490 e. The molecule has 0 heterocycles. The van der Waals surface area contributed by atoms with Crippen molar-refractivity contribution in [2.45, 2.75) is 13.5 Å². The maximum Gasteiger partial charge on any atom is 0.175 e. The number of hydrogen-bond donors (Lipinski definition) is 0. The lowest BCUT2D eigenvalue weighted by Crippen LogP contribution is -2.01. The lowest BCUT2D eigenvalue weighted by molar-refractivity contribution is 0.268. The van der Waals surface area contributed by atoms with Crippen molar-refractivity contribution >= 4 is 50.0 Å². The number of nitriles is 1. The van der Waals surface area contributed by atoms with Crippen molar-refractivity contribution in [2.75, 3.05) is 6.61 Å². The molecule has 4 rings (SSSR count). The van der Waals surface area contributed by atoms with Gasteiger partial charge in [0.25, 0.3) is 0 Å². The van der Waals surface area contributed by atoms with Crippen LogP contribution in [0.5, 0.6) is 11.5 Å². The number of benzene rings is 4. The molecule has 0 unspecified atom stereocenters. The van der Waals surface area contributed by atoms with Gasteiger partial charge in [0, 0.05) is 5.02 Å². The van der Waals surface area contributed by atoms with E-state index in [4.69, 9.17) is 21.1 Å². The molecular weight excluding hydrogens is 498 g/mol. The highest BCUT2D eigenvalue weighted by molar-refractivity contribution is 9.10. The minimum Gasteiger partial charge on any atom is -0.490 e. The fourth-order valence-electron chi connectivity index (χ4n) is 3.65. The lowest BCUT2D eigenvalue weighted by Gasteiger charge is -2.16. The number of allylic oxidation sites excluding steroid dienone is 1. The van der Waals surface area contributed by atoms with Gasteiger partial charge in [-0.2, -0.15) is 5.26 Å². The highest BCUT2D eigenvalue weighted by Gasteiger charge is 2.14. The van der Waals surface area contributed by atoms with Gasteiger partial charge in [0.1, 0.15) is 6.61 Å². The second-order valence-corrected chi connectivity index (χ2v) is 8.66. The van der Waals surface area contributed by atoms with Crippen molar-refractivity contribution in [2.24, 2.45) is 0 Å². The van der Waals surface area contributed by atoms with E-state index in [1.54, 1.807) is 12.1 Å². The zero-order chi connectivity index (χ0) is 23.2. The Hall–Kier alpha value is -3.26. The highest BCUT2D eigenvalue weighted by atomic mass is 79.9. The summed E-state index contributed by atoms with van der Waals surface area (Å²) in [5, 5.41) is 12.6. The van der Waals surface area contributed by atoms with E-state index in [1.807, 2.05) is 55.5 Å². The van der Waals surface area contributed by atoms with Crippen molar-refractivity contribution in [3.8, 4) is 17.6 Å². The Balaban J connectivity index is 1.66. The smallest absolute Gasteiger partial charge is 0.175 e. The van der Waals surface area contributed by atoms with Gasteiger partial charge in [0.2, 0.25) is 0 Å². The molecule has 0 saturated carbocycles. The summed E-state index contributed by atoms with van der Waals surface area (Å²) >= 11 is 9.74. The standard InChI is InChI=1S/C28H21BrClNO2/c1-2-32-27-15-19(13-23(17-31)21-9-6-11-24(30)16-21)14-26(29)28(27)33-18-22-10-5-8-20-7-3-4-12-25(20)22/h3-16H,2,18H2,1H3/b23-13-. The number of hydrogen-bond acceptors (Lipinski definition) is 3. The summed E-state index contributed by atoms with van der Waals surface area (Å²) in [6.07, 6.45) is 1.81. The molecule has 0 spiro atoms. The fraction of sp³-hybridized carbons (Fsp3) is 0.107. The van der Waals surface area contributed by atoms with E-state index in [0.717, 1.165) is 26.5 Å². The summed E-state index contributed by atoms with van der Waals surface area (Å²) in [5.74, 6) is 1.24. The molecule has 33 heavy (non-hydrogen) atoms. The third kappa shape index (κ3) is 5.39. The Morgan fingerprint density at radius 1 is 1.00 bits per heavy atom. The molecule has 0 fully saturated rings.